The Hall–Kier alpha value is -1.97. The summed E-state index contributed by atoms with van der Waals surface area (Å²) in [6.45, 7) is 2.37. The van der Waals surface area contributed by atoms with Crippen molar-refractivity contribution in [3.63, 3.8) is 0 Å². The molecule has 3 amide bonds. The highest BCUT2D eigenvalue weighted by Gasteiger charge is 2.48. The molecule has 3 rings (SSSR count). The summed E-state index contributed by atoms with van der Waals surface area (Å²) in [6, 6.07) is 5.76. The third-order valence-electron chi connectivity index (χ3n) is 4.97. The number of nitrogens with one attached hydrogen (secondary N) is 1. The van der Waals surface area contributed by atoms with Crippen LogP contribution in [0.15, 0.2) is 29.3 Å². The summed E-state index contributed by atoms with van der Waals surface area (Å²) in [5.41, 5.74) is 0. The van der Waals surface area contributed by atoms with Crippen LogP contribution in [0, 0.1) is 0 Å². The minimum Gasteiger partial charge on any atom is -0.491 e. The van der Waals surface area contributed by atoms with Gasteiger partial charge >= 0.3 is 6.03 Å². The molecule has 8 nitrogen and oxygen atoms in total. The lowest BCUT2D eigenvalue weighted by Gasteiger charge is -2.36. The van der Waals surface area contributed by atoms with Crippen LogP contribution in [0.25, 0.3) is 0 Å². The molecule has 2 heterocycles. The Morgan fingerprint density at radius 2 is 2.03 bits per heavy atom. The second-order valence-electron chi connectivity index (χ2n) is 7.30. The SMILES string of the molecule is CCCCCSC1=NC2C(C(=O)NC(=O)N2C)N1CC(O)COc1ccc(Cl)cc1. The number of imide groups is 1. The van der Waals surface area contributed by atoms with E-state index in [4.69, 9.17) is 16.3 Å². The number of urea groups is 1. The van der Waals surface area contributed by atoms with Crippen LogP contribution in [0.2, 0.25) is 5.02 Å². The number of carbonyl (C=O) groups excluding carboxylic acids is 2. The van der Waals surface area contributed by atoms with Gasteiger partial charge in [-0.05, 0) is 30.7 Å². The topological polar surface area (TPSA) is 94.5 Å². The number of aliphatic hydroxyl groups is 1. The number of hydrogen-bond donors (Lipinski definition) is 2. The molecule has 3 atom stereocenters. The van der Waals surface area contributed by atoms with E-state index in [1.165, 1.54) is 4.90 Å². The predicted molar refractivity (Wildman–Crippen MR) is 118 cm³/mol. The molecule has 10 heteroatoms. The van der Waals surface area contributed by atoms with Gasteiger partial charge in [0.05, 0.1) is 6.54 Å². The zero-order chi connectivity index (χ0) is 21.7. The minimum absolute atomic E-state index is 0.0552. The lowest BCUT2D eigenvalue weighted by molar-refractivity contribution is -0.127. The maximum Gasteiger partial charge on any atom is 0.325 e. The van der Waals surface area contributed by atoms with Crippen molar-refractivity contribution in [1.29, 1.82) is 0 Å². The molecule has 164 valence electrons. The van der Waals surface area contributed by atoms with Crippen LogP contribution >= 0.6 is 23.4 Å². The fourth-order valence-corrected chi connectivity index (χ4v) is 4.52. The van der Waals surface area contributed by atoms with Gasteiger partial charge in [0.1, 0.15) is 18.5 Å². The van der Waals surface area contributed by atoms with Crippen LogP contribution in [-0.4, -0.2) is 76.3 Å². The average Bonchev–Trinajstić information content (AvgIpc) is 3.08. The number of likely N-dealkylation sites (N-methyl/N-ethyl adjacent to an activating group) is 1. The van der Waals surface area contributed by atoms with Crippen LogP contribution in [0.4, 0.5) is 4.79 Å². The van der Waals surface area contributed by atoms with E-state index in [0.717, 1.165) is 25.0 Å². The third kappa shape index (κ3) is 5.39. The van der Waals surface area contributed by atoms with Crippen LogP contribution in [0.5, 0.6) is 5.75 Å². The molecule has 2 N–H and O–H groups in total. The fourth-order valence-electron chi connectivity index (χ4n) is 3.33. The first-order valence-corrected chi connectivity index (χ1v) is 11.4. The number of nitrogens with zero attached hydrogens (tertiary/aromatic N) is 3. The lowest BCUT2D eigenvalue weighted by atomic mass is 10.1. The Bertz CT molecular complexity index is 792. The molecule has 1 saturated heterocycles. The number of hydrogen-bond acceptors (Lipinski definition) is 7. The molecule has 0 spiro atoms. The molecule has 0 aliphatic carbocycles. The van der Waals surface area contributed by atoms with E-state index in [9.17, 15) is 14.7 Å². The van der Waals surface area contributed by atoms with E-state index < -0.39 is 30.2 Å². The second-order valence-corrected chi connectivity index (χ2v) is 8.80. The molecule has 0 saturated carbocycles. The quantitative estimate of drug-likeness (QED) is 0.557. The number of carbonyl (C=O) groups is 2. The number of rotatable bonds is 9. The molecular formula is C20H27ClN4O4S. The van der Waals surface area contributed by atoms with Crippen LogP contribution in [0.1, 0.15) is 26.2 Å². The average molecular weight is 455 g/mol. The van der Waals surface area contributed by atoms with Crippen LogP contribution in [0.3, 0.4) is 0 Å². The molecule has 30 heavy (non-hydrogen) atoms. The number of aliphatic imine (C=N–C) groups is 1. The van der Waals surface area contributed by atoms with E-state index in [1.54, 1.807) is 48.0 Å². The highest BCUT2D eigenvalue weighted by atomic mass is 35.5. The van der Waals surface area contributed by atoms with Crippen molar-refractivity contribution in [2.45, 2.75) is 44.5 Å². The van der Waals surface area contributed by atoms with Gasteiger partial charge in [-0.25, -0.2) is 9.79 Å². The van der Waals surface area contributed by atoms with Crippen LogP contribution < -0.4 is 10.1 Å². The van der Waals surface area contributed by atoms with E-state index >= 15 is 0 Å². The number of amides is 3. The maximum atomic E-state index is 12.5. The summed E-state index contributed by atoms with van der Waals surface area (Å²) in [7, 11) is 1.62. The molecule has 2 aliphatic heterocycles. The standard InChI is InChI=1S/C20H27ClN4O4S/c1-3-4-5-10-30-20-22-17-16(18(27)23-19(28)24(17)2)25(20)11-14(26)12-29-15-8-6-13(21)7-9-15/h6-9,14,16-17,26H,3-5,10-12H2,1-2H3,(H,23,27,28). The van der Waals surface area contributed by atoms with Crippen molar-refractivity contribution in [2.75, 3.05) is 26.0 Å². The Balaban J connectivity index is 1.66. The molecule has 2 aliphatic rings. The van der Waals surface area contributed by atoms with Gasteiger partial charge < -0.3 is 19.6 Å². The number of β-amino-alcohol motifs (C(OH)–C–C–N with tert-alkyl or cyclic N) is 1. The van der Waals surface area contributed by atoms with Gasteiger partial charge in [-0.3, -0.25) is 10.1 Å². The Labute approximate surface area is 185 Å². The number of halogens is 1. The molecular weight excluding hydrogens is 428 g/mol. The number of aliphatic hydroxyl groups excluding tert-OH is 1. The van der Waals surface area contributed by atoms with Crippen molar-refractivity contribution in [2.24, 2.45) is 4.99 Å². The number of amidine groups is 1. The maximum absolute atomic E-state index is 12.5. The summed E-state index contributed by atoms with van der Waals surface area (Å²) >= 11 is 7.43. The largest absolute Gasteiger partial charge is 0.491 e. The Morgan fingerprint density at radius 3 is 2.73 bits per heavy atom. The highest BCUT2D eigenvalue weighted by Crippen LogP contribution is 2.29. The van der Waals surface area contributed by atoms with E-state index in [2.05, 4.69) is 17.2 Å². The van der Waals surface area contributed by atoms with Gasteiger partial charge in [-0.15, -0.1) is 0 Å². The van der Waals surface area contributed by atoms with E-state index in [0.29, 0.717) is 15.9 Å². The highest BCUT2D eigenvalue weighted by molar-refractivity contribution is 8.13. The van der Waals surface area contributed by atoms with Gasteiger partial charge in [-0.2, -0.15) is 0 Å². The van der Waals surface area contributed by atoms with Crippen molar-refractivity contribution >= 4 is 40.5 Å². The number of unbranched alkanes of at least 4 members (excludes halogenated alkanes) is 2. The molecule has 1 fully saturated rings. The monoisotopic (exact) mass is 454 g/mol. The number of thioether (sulfide) groups is 1. The summed E-state index contributed by atoms with van der Waals surface area (Å²) in [6.07, 6.45) is 1.82. The van der Waals surface area contributed by atoms with Gasteiger partial charge in [0.25, 0.3) is 5.91 Å². The summed E-state index contributed by atoms with van der Waals surface area (Å²) in [5, 5.41) is 14.2. The number of benzene rings is 1. The van der Waals surface area contributed by atoms with Crippen molar-refractivity contribution in [3.8, 4) is 5.75 Å². The smallest absolute Gasteiger partial charge is 0.325 e. The predicted octanol–water partition coefficient (Wildman–Crippen LogP) is 2.55. The normalized spacial score (nSPS) is 21.9. The molecule has 3 unspecified atom stereocenters. The minimum atomic E-state index is -0.850. The van der Waals surface area contributed by atoms with Crippen molar-refractivity contribution in [3.05, 3.63) is 29.3 Å². The zero-order valence-corrected chi connectivity index (χ0v) is 18.7. The van der Waals surface area contributed by atoms with E-state index in [1.807, 2.05) is 0 Å². The Kier molecular flexibility index (Phi) is 7.85. The summed E-state index contributed by atoms with van der Waals surface area (Å²) < 4.78 is 5.64. The molecule has 0 bridgehead atoms. The first-order valence-electron chi connectivity index (χ1n) is 10.0. The van der Waals surface area contributed by atoms with Gasteiger partial charge in [0, 0.05) is 17.8 Å². The van der Waals surface area contributed by atoms with Crippen molar-refractivity contribution < 1.29 is 19.4 Å². The first kappa shape index (κ1) is 22.7. The molecule has 0 radical (unpaired) electrons. The second kappa shape index (κ2) is 10.4. The third-order valence-corrected chi connectivity index (χ3v) is 6.31. The summed E-state index contributed by atoms with van der Waals surface area (Å²) in [4.78, 5) is 32.4. The first-order chi connectivity index (χ1) is 14.4. The number of fused-ring (bicyclic) bond motifs is 1. The zero-order valence-electron chi connectivity index (χ0n) is 17.1. The molecule has 1 aromatic carbocycles. The number of ether oxygens (including phenoxy) is 1. The van der Waals surface area contributed by atoms with Crippen LogP contribution in [-0.2, 0) is 4.79 Å². The lowest BCUT2D eigenvalue weighted by Crippen LogP contribution is -2.64. The van der Waals surface area contributed by atoms with E-state index in [-0.39, 0.29) is 13.2 Å². The molecule has 1 aromatic rings. The fraction of sp³-hybridized carbons (Fsp3) is 0.550. The van der Waals surface area contributed by atoms with Gasteiger partial charge in [0.2, 0.25) is 0 Å². The Morgan fingerprint density at radius 1 is 1.30 bits per heavy atom. The van der Waals surface area contributed by atoms with Gasteiger partial charge in [-0.1, -0.05) is 43.1 Å². The van der Waals surface area contributed by atoms with Crippen molar-refractivity contribution in [1.82, 2.24) is 15.1 Å². The summed E-state index contributed by atoms with van der Waals surface area (Å²) in [5.74, 6) is 1.06. The van der Waals surface area contributed by atoms with Gasteiger partial charge in [0.15, 0.2) is 17.4 Å². The molecule has 0 aromatic heterocycles.